The molecule has 0 amide bonds. The maximum atomic E-state index is 13.5. The minimum atomic E-state index is -4.28. The second-order valence-electron chi connectivity index (χ2n) is 5.89. The minimum Gasteiger partial charge on any atom is -0.477 e. The maximum Gasteiger partial charge on any atom is 0.377 e. The molecule has 2 N–H and O–H groups in total. The monoisotopic (exact) mass is 327 g/mol. The summed E-state index contributed by atoms with van der Waals surface area (Å²) in [5.74, 6) is -6.55. The SMILES string of the molecule is O=C(O)C(F)(F)C1(O)CCN(S(=O)(=O)CC2CCC2)CC1. The van der Waals surface area contributed by atoms with Crippen molar-refractivity contribution in [1.82, 2.24) is 4.31 Å². The van der Waals surface area contributed by atoms with Crippen LogP contribution in [0.1, 0.15) is 32.1 Å². The van der Waals surface area contributed by atoms with Gasteiger partial charge in [0.2, 0.25) is 10.0 Å². The highest BCUT2D eigenvalue weighted by Crippen LogP contribution is 2.38. The van der Waals surface area contributed by atoms with Crippen LogP contribution in [0.2, 0.25) is 0 Å². The van der Waals surface area contributed by atoms with E-state index in [-0.39, 0.29) is 24.8 Å². The van der Waals surface area contributed by atoms with Crippen molar-refractivity contribution in [3.63, 3.8) is 0 Å². The molecule has 0 atom stereocenters. The number of carboxylic acid groups (broad SMARTS) is 1. The highest BCUT2D eigenvalue weighted by Gasteiger charge is 2.60. The van der Waals surface area contributed by atoms with E-state index in [1.165, 1.54) is 0 Å². The van der Waals surface area contributed by atoms with E-state index in [9.17, 15) is 27.1 Å². The Morgan fingerprint density at radius 3 is 2.19 bits per heavy atom. The van der Waals surface area contributed by atoms with Gasteiger partial charge in [-0.15, -0.1) is 0 Å². The van der Waals surface area contributed by atoms with Crippen molar-refractivity contribution in [3.8, 4) is 0 Å². The smallest absolute Gasteiger partial charge is 0.377 e. The number of halogens is 2. The highest BCUT2D eigenvalue weighted by atomic mass is 32.2. The van der Waals surface area contributed by atoms with Crippen LogP contribution in [0.3, 0.4) is 0 Å². The maximum absolute atomic E-state index is 13.5. The fourth-order valence-electron chi connectivity index (χ4n) is 2.71. The largest absolute Gasteiger partial charge is 0.477 e. The number of rotatable bonds is 5. The standard InChI is InChI=1S/C12H19F2NO5S/c13-12(14,10(16)17)11(18)4-6-15(7-5-11)21(19,20)8-9-2-1-3-9/h9,18H,1-8H2,(H,16,17). The van der Waals surface area contributed by atoms with E-state index >= 15 is 0 Å². The van der Waals surface area contributed by atoms with E-state index in [0.29, 0.717) is 0 Å². The lowest BCUT2D eigenvalue weighted by Crippen LogP contribution is -2.59. The molecule has 9 heteroatoms. The number of nitrogens with zero attached hydrogens (tertiary/aromatic N) is 1. The summed E-state index contributed by atoms with van der Waals surface area (Å²) < 4.78 is 52.3. The zero-order chi connectivity index (χ0) is 15.9. The molecule has 0 bridgehead atoms. The molecule has 1 heterocycles. The molecule has 0 radical (unpaired) electrons. The molecule has 1 saturated carbocycles. The first-order chi connectivity index (χ1) is 9.58. The van der Waals surface area contributed by atoms with E-state index in [2.05, 4.69) is 0 Å². The Labute approximate surface area is 121 Å². The zero-order valence-corrected chi connectivity index (χ0v) is 12.3. The Hall–Kier alpha value is -0.800. The molecular weight excluding hydrogens is 308 g/mol. The number of aliphatic carboxylic acids is 1. The molecule has 122 valence electrons. The number of carboxylic acids is 1. The summed E-state index contributed by atoms with van der Waals surface area (Å²) in [4.78, 5) is 10.6. The number of aliphatic hydroxyl groups is 1. The Bertz CT molecular complexity index is 510. The summed E-state index contributed by atoms with van der Waals surface area (Å²) in [7, 11) is -3.53. The van der Waals surface area contributed by atoms with Crippen LogP contribution in [-0.2, 0) is 14.8 Å². The second kappa shape index (κ2) is 5.44. The zero-order valence-electron chi connectivity index (χ0n) is 11.5. The summed E-state index contributed by atoms with van der Waals surface area (Å²) in [5.41, 5.74) is -2.69. The number of hydrogen-bond donors (Lipinski definition) is 2. The van der Waals surface area contributed by atoms with Crippen LogP contribution in [0.25, 0.3) is 0 Å². The number of piperidine rings is 1. The Morgan fingerprint density at radius 1 is 1.29 bits per heavy atom. The van der Waals surface area contributed by atoms with Gasteiger partial charge in [0.05, 0.1) is 5.75 Å². The predicted molar refractivity (Wildman–Crippen MR) is 69.5 cm³/mol. The average molecular weight is 327 g/mol. The van der Waals surface area contributed by atoms with Crippen LogP contribution in [0, 0.1) is 5.92 Å². The molecule has 2 rings (SSSR count). The van der Waals surface area contributed by atoms with Crippen molar-refractivity contribution in [1.29, 1.82) is 0 Å². The van der Waals surface area contributed by atoms with E-state index < -0.39 is 40.4 Å². The van der Waals surface area contributed by atoms with Gasteiger partial charge in [0.1, 0.15) is 5.60 Å². The molecule has 0 unspecified atom stereocenters. The third-order valence-electron chi connectivity index (χ3n) is 4.47. The summed E-state index contributed by atoms with van der Waals surface area (Å²) in [6, 6.07) is 0. The van der Waals surface area contributed by atoms with E-state index in [1.807, 2.05) is 0 Å². The predicted octanol–water partition coefficient (Wildman–Crippen LogP) is 0.663. The molecule has 0 spiro atoms. The summed E-state index contributed by atoms with van der Waals surface area (Å²) in [6.07, 6.45) is 1.54. The van der Waals surface area contributed by atoms with Crippen LogP contribution < -0.4 is 0 Å². The Kier molecular flexibility index (Phi) is 4.29. The van der Waals surface area contributed by atoms with Gasteiger partial charge in [-0.2, -0.15) is 8.78 Å². The van der Waals surface area contributed by atoms with Gasteiger partial charge in [0.25, 0.3) is 0 Å². The van der Waals surface area contributed by atoms with Crippen molar-refractivity contribution in [2.24, 2.45) is 5.92 Å². The molecule has 21 heavy (non-hydrogen) atoms. The summed E-state index contributed by atoms with van der Waals surface area (Å²) in [5, 5.41) is 18.3. The fourth-order valence-corrected chi connectivity index (χ4v) is 4.59. The van der Waals surface area contributed by atoms with Gasteiger partial charge in [-0.05, 0) is 31.6 Å². The van der Waals surface area contributed by atoms with Gasteiger partial charge in [-0.25, -0.2) is 17.5 Å². The third kappa shape index (κ3) is 3.04. The molecular formula is C12H19F2NO5S. The van der Waals surface area contributed by atoms with Crippen molar-refractivity contribution in [3.05, 3.63) is 0 Å². The quantitative estimate of drug-likeness (QED) is 0.774. The van der Waals surface area contributed by atoms with Crippen molar-refractivity contribution in [2.75, 3.05) is 18.8 Å². The summed E-state index contributed by atoms with van der Waals surface area (Å²) in [6.45, 7) is -0.567. The van der Waals surface area contributed by atoms with Crippen LogP contribution in [0.15, 0.2) is 0 Å². The highest BCUT2D eigenvalue weighted by molar-refractivity contribution is 7.89. The topological polar surface area (TPSA) is 94.9 Å². The van der Waals surface area contributed by atoms with Gasteiger partial charge in [-0.3, -0.25) is 0 Å². The second-order valence-corrected chi connectivity index (χ2v) is 7.90. The Morgan fingerprint density at radius 2 is 1.81 bits per heavy atom. The first-order valence-electron chi connectivity index (χ1n) is 6.90. The Balaban J connectivity index is 2.01. The van der Waals surface area contributed by atoms with E-state index in [1.54, 1.807) is 0 Å². The molecule has 1 aliphatic carbocycles. The average Bonchev–Trinajstić information content (AvgIpc) is 2.34. The van der Waals surface area contributed by atoms with Gasteiger partial charge in [0, 0.05) is 13.1 Å². The van der Waals surface area contributed by atoms with Crippen molar-refractivity contribution < 1.29 is 32.2 Å². The van der Waals surface area contributed by atoms with Gasteiger partial charge < -0.3 is 10.2 Å². The van der Waals surface area contributed by atoms with Crippen LogP contribution in [-0.4, -0.2) is 59.3 Å². The third-order valence-corrected chi connectivity index (χ3v) is 6.51. The normalized spacial score (nSPS) is 24.5. The van der Waals surface area contributed by atoms with Crippen molar-refractivity contribution in [2.45, 2.75) is 43.6 Å². The fraction of sp³-hybridized carbons (Fsp3) is 0.917. The lowest BCUT2D eigenvalue weighted by molar-refractivity contribution is -0.216. The molecule has 2 fully saturated rings. The lowest BCUT2D eigenvalue weighted by Gasteiger charge is -2.40. The molecule has 0 aromatic carbocycles. The molecule has 0 aromatic heterocycles. The number of carbonyl (C=O) groups is 1. The van der Waals surface area contributed by atoms with Crippen LogP contribution in [0.4, 0.5) is 8.78 Å². The summed E-state index contributed by atoms with van der Waals surface area (Å²) >= 11 is 0. The van der Waals surface area contributed by atoms with Gasteiger partial charge in [-0.1, -0.05) is 6.42 Å². The number of alkyl halides is 2. The minimum absolute atomic E-state index is 0.000746. The van der Waals surface area contributed by atoms with E-state index in [0.717, 1.165) is 23.6 Å². The number of hydrogen-bond acceptors (Lipinski definition) is 4. The van der Waals surface area contributed by atoms with Crippen LogP contribution in [0.5, 0.6) is 0 Å². The van der Waals surface area contributed by atoms with Crippen LogP contribution >= 0.6 is 0 Å². The molecule has 1 saturated heterocycles. The van der Waals surface area contributed by atoms with Crippen molar-refractivity contribution >= 4 is 16.0 Å². The van der Waals surface area contributed by atoms with Gasteiger partial charge >= 0.3 is 11.9 Å². The van der Waals surface area contributed by atoms with Gasteiger partial charge in [0.15, 0.2) is 0 Å². The molecule has 1 aliphatic heterocycles. The van der Waals surface area contributed by atoms with E-state index in [4.69, 9.17) is 5.11 Å². The molecule has 2 aliphatic rings. The first-order valence-corrected chi connectivity index (χ1v) is 8.51. The molecule has 6 nitrogen and oxygen atoms in total. The lowest BCUT2D eigenvalue weighted by atomic mass is 9.86. The first kappa shape index (κ1) is 16.6. The molecule has 0 aromatic rings. The number of sulfonamides is 1.